The summed E-state index contributed by atoms with van der Waals surface area (Å²) in [5.41, 5.74) is 0.594. The van der Waals surface area contributed by atoms with Gasteiger partial charge in [0.05, 0.1) is 6.33 Å². The van der Waals surface area contributed by atoms with Gasteiger partial charge in [-0.2, -0.15) is 4.98 Å². The van der Waals surface area contributed by atoms with Crippen molar-refractivity contribution in [3.8, 4) is 0 Å². The third-order valence-corrected chi connectivity index (χ3v) is 4.66. The normalized spacial score (nSPS) is 23.8. The van der Waals surface area contributed by atoms with E-state index in [1.165, 1.54) is 31.7 Å². The van der Waals surface area contributed by atoms with Crippen LogP contribution in [0.2, 0.25) is 10.4 Å². The predicted octanol–water partition coefficient (Wildman–Crippen LogP) is 1.85. The van der Waals surface area contributed by atoms with E-state index in [-0.39, 0.29) is 23.5 Å². The van der Waals surface area contributed by atoms with Gasteiger partial charge in [0, 0.05) is 27.2 Å². The molecule has 13 heteroatoms. The van der Waals surface area contributed by atoms with E-state index >= 15 is 0 Å². The second-order valence-corrected chi connectivity index (χ2v) is 7.19. The maximum atomic E-state index is 11.6. The molecule has 11 nitrogen and oxygen atoms in total. The average Bonchev–Trinajstić information content (AvgIpc) is 3.05. The number of ether oxygens (including phenoxy) is 4. The molecule has 162 valence electrons. The molecule has 30 heavy (non-hydrogen) atoms. The standard InChI is InChI=1S/C17H18Cl2N4O7/c1-7(24)27-5-11-14(29-9(3)26)10(28-8(2)25)4-12(30-11)23-6-20-13-15(18)21-17(19)22-16(13)23/h6,10-12,14H,4-5H2,1-3H3/t10-,11-,12-,14+/m1/s1. The highest BCUT2D eigenvalue weighted by atomic mass is 35.5. The zero-order valence-electron chi connectivity index (χ0n) is 16.2. The number of carbonyl (C=O) groups excluding carboxylic acids is 3. The minimum atomic E-state index is -0.987. The van der Waals surface area contributed by atoms with Crippen LogP contribution in [0.3, 0.4) is 0 Å². The van der Waals surface area contributed by atoms with Gasteiger partial charge in [0.25, 0.3) is 0 Å². The molecule has 0 aliphatic carbocycles. The van der Waals surface area contributed by atoms with Gasteiger partial charge >= 0.3 is 17.9 Å². The van der Waals surface area contributed by atoms with E-state index in [1.807, 2.05) is 0 Å². The Morgan fingerprint density at radius 2 is 1.83 bits per heavy atom. The van der Waals surface area contributed by atoms with Crippen molar-refractivity contribution in [2.24, 2.45) is 0 Å². The number of imidazole rings is 1. The first kappa shape index (κ1) is 22.2. The minimum Gasteiger partial charge on any atom is -0.463 e. The van der Waals surface area contributed by atoms with Crippen LogP contribution in [-0.2, 0) is 33.3 Å². The average molecular weight is 461 g/mol. The number of hydrogen-bond acceptors (Lipinski definition) is 10. The lowest BCUT2D eigenvalue weighted by molar-refractivity contribution is -0.226. The zero-order valence-corrected chi connectivity index (χ0v) is 17.7. The van der Waals surface area contributed by atoms with Crippen LogP contribution >= 0.6 is 23.2 Å². The van der Waals surface area contributed by atoms with Crippen LogP contribution in [-0.4, -0.2) is 62.3 Å². The molecule has 0 radical (unpaired) electrons. The monoisotopic (exact) mass is 460 g/mol. The number of rotatable bonds is 5. The summed E-state index contributed by atoms with van der Waals surface area (Å²) in [6.07, 6.45) is -2.04. The molecule has 0 N–H and O–H groups in total. The lowest BCUT2D eigenvalue weighted by atomic mass is 10.00. The van der Waals surface area contributed by atoms with Gasteiger partial charge in [0.2, 0.25) is 5.28 Å². The fourth-order valence-electron chi connectivity index (χ4n) is 3.16. The number of carbonyl (C=O) groups is 3. The molecule has 1 fully saturated rings. The number of aromatic nitrogens is 4. The Hall–Kier alpha value is -2.50. The highest BCUT2D eigenvalue weighted by molar-refractivity contribution is 6.35. The van der Waals surface area contributed by atoms with Gasteiger partial charge in [-0.05, 0) is 11.6 Å². The Balaban J connectivity index is 1.98. The van der Waals surface area contributed by atoms with Gasteiger partial charge in [-0.15, -0.1) is 0 Å². The highest BCUT2D eigenvalue weighted by Gasteiger charge is 2.44. The molecule has 3 rings (SSSR count). The van der Waals surface area contributed by atoms with Crippen LogP contribution in [0.5, 0.6) is 0 Å². The fraction of sp³-hybridized carbons (Fsp3) is 0.529. The van der Waals surface area contributed by atoms with Gasteiger partial charge in [0.1, 0.15) is 30.6 Å². The van der Waals surface area contributed by atoms with Crippen molar-refractivity contribution >= 4 is 52.3 Å². The smallest absolute Gasteiger partial charge is 0.303 e. The molecule has 0 bridgehead atoms. The molecule has 0 aromatic carbocycles. The van der Waals surface area contributed by atoms with Gasteiger partial charge in [-0.1, -0.05) is 11.6 Å². The topological polar surface area (TPSA) is 132 Å². The molecule has 0 spiro atoms. The summed E-state index contributed by atoms with van der Waals surface area (Å²) < 4.78 is 23.3. The van der Waals surface area contributed by atoms with E-state index in [4.69, 9.17) is 42.1 Å². The SMILES string of the molecule is CC(=O)OC[C@H]1O[C@@H](n2cnc3c(Cl)nc(Cl)nc32)C[C@@H](OC(C)=O)[C@@H]1OC(C)=O. The molecule has 1 saturated heterocycles. The quantitative estimate of drug-likeness (QED) is 0.281. The molecule has 1 aliphatic rings. The van der Waals surface area contributed by atoms with Crippen molar-refractivity contribution in [1.82, 2.24) is 19.5 Å². The Morgan fingerprint density at radius 3 is 2.47 bits per heavy atom. The number of hydrogen-bond donors (Lipinski definition) is 0. The number of halogens is 2. The van der Waals surface area contributed by atoms with Crippen LogP contribution < -0.4 is 0 Å². The highest BCUT2D eigenvalue weighted by Crippen LogP contribution is 2.34. The maximum Gasteiger partial charge on any atom is 0.303 e. The summed E-state index contributed by atoms with van der Waals surface area (Å²) in [5, 5.41) is -0.0267. The van der Waals surface area contributed by atoms with Crippen molar-refractivity contribution in [3.63, 3.8) is 0 Å². The van der Waals surface area contributed by atoms with Crippen LogP contribution in [0.1, 0.15) is 33.4 Å². The van der Waals surface area contributed by atoms with Crippen molar-refractivity contribution in [3.05, 3.63) is 16.8 Å². The molecule has 0 saturated carbocycles. The molecule has 0 amide bonds. The molecule has 4 atom stereocenters. The molecule has 2 aromatic heterocycles. The van der Waals surface area contributed by atoms with Crippen molar-refractivity contribution in [2.45, 2.75) is 51.7 Å². The third kappa shape index (κ3) is 4.97. The molecule has 0 unspecified atom stereocenters. The first-order chi connectivity index (χ1) is 14.2. The Labute approximate surface area is 180 Å². The van der Waals surface area contributed by atoms with Gasteiger partial charge < -0.3 is 18.9 Å². The number of fused-ring (bicyclic) bond motifs is 1. The second-order valence-electron chi connectivity index (χ2n) is 6.50. The summed E-state index contributed by atoms with van der Waals surface area (Å²) in [4.78, 5) is 46.7. The molecule has 2 aromatic rings. The molecular weight excluding hydrogens is 443 g/mol. The van der Waals surface area contributed by atoms with Crippen LogP contribution in [0, 0.1) is 0 Å². The Morgan fingerprint density at radius 1 is 1.13 bits per heavy atom. The maximum absolute atomic E-state index is 11.6. The molecular formula is C17H18Cl2N4O7. The zero-order chi connectivity index (χ0) is 22.0. The number of nitrogens with zero attached hydrogens (tertiary/aromatic N) is 4. The van der Waals surface area contributed by atoms with Gasteiger partial charge in [0.15, 0.2) is 16.9 Å². The Bertz CT molecular complexity index is 982. The van der Waals surface area contributed by atoms with E-state index in [9.17, 15) is 14.4 Å². The summed E-state index contributed by atoms with van der Waals surface area (Å²) >= 11 is 12.0. The van der Waals surface area contributed by atoms with Crippen LogP contribution in [0.4, 0.5) is 0 Å². The van der Waals surface area contributed by atoms with Crippen LogP contribution in [0.25, 0.3) is 11.2 Å². The lowest BCUT2D eigenvalue weighted by Crippen LogP contribution is -2.52. The van der Waals surface area contributed by atoms with Gasteiger partial charge in [-0.25, -0.2) is 9.97 Å². The molecule has 1 aliphatic heterocycles. The lowest BCUT2D eigenvalue weighted by Gasteiger charge is -2.40. The molecule has 3 heterocycles. The number of esters is 3. The van der Waals surface area contributed by atoms with E-state index in [0.717, 1.165) is 0 Å². The van der Waals surface area contributed by atoms with Crippen molar-refractivity contribution < 1.29 is 33.3 Å². The fourth-order valence-corrected chi connectivity index (χ4v) is 3.58. The van der Waals surface area contributed by atoms with E-state index in [1.54, 1.807) is 0 Å². The Kier molecular flexibility index (Phi) is 6.74. The van der Waals surface area contributed by atoms with Crippen molar-refractivity contribution in [1.29, 1.82) is 0 Å². The van der Waals surface area contributed by atoms with Crippen molar-refractivity contribution in [2.75, 3.05) is 6.61 Å². The van der Waals surface area contributed by atoms with Gasteiger partial charge in [-0.3, -0.25) is 19.0 Å². The second kappa shape index (κ2) is 9.11. The van der Waals surface area contributed by atoms with Crippen LogP contribution in [0.15, 0.2) is 6.33 Å². The van der Waals surface area contributed by atoms with E-state index < -0.39 is 42.4 Å². The first-order valence-corrected chi connectivity index (χ1v) is 9.60. The third-order valence-electron chi connectivity index (χ3n) is 4.23. The predicted molar refractivity (Wildman–Crippen MR) is 102 cm³/mol. The summed E-state index contributed by atoms with van der Waals surface area (Å²) in [6.45, 7) is 3.44. The van der Waals surface area contributed by atoms with E-state index in [0.29, 0.717) is 11.2 Å². The van der Waals surface area contributed by atoms with E-state index in [2.05, 4.69) is 15.0 Å². The summed E-state index contributed by atoms with van der Waals surface area (Å²) in [7, 11) is 0. The summed E-state index contributed by atoms with van der Waals surface area (Å²) in [6, 6.07) is 0. The largest absolute Gasteiger partial charge is 0.463 e. The summed E-state index contributed by atoms with van der Waals surface area (Å²) in [5.74, 6) is -1.73. The minimum absolute atomic E-state index is 0.0605. The first-order valence-electron chi connectivity index (χ1n) is 8.84.